The van der Waals surface area contributed by atoms with E-state index in [1.165, 1.54) is 12.8 Å². The average molecular weight is 262 g/mol. The predicted molar refractivity (Wildman–Crippen MR) is 80.9 cm³/mol. The molecule has 2 unspecified atom stereocenters. The van der Waals surface area contributed by atoms with Crippen LogP contribution >= 0.6 is 0 Å². The lowest BCUT2D eigenvalue weighted by atomic mass is 10.1. The van der Waals surface area contributed by atoms with Crippen molar-refractivity contribution in [1.82, 2.24) is 5.32 Å². The summed E-state index contributed by atoms with van der Waals surface area (Å²) in [6.45, 7) is 8.58. The molecule has 0 spiro atoms. The van der Waals surface area contributed by atoms with Crippen molar-refractivity contribution in [3.8, 4) is 5.75 Å². The van der Waals surface area contributed by atoms with E-state index in [4.69, 9.17) is 0 Å². The number of anilines is 1. The van der Waals surface area contributed by atoms with Gasteiger partial charge in [0.25, 0.3) is 0 Å². The maximum atomic E-state index is 10.2. The lowest BCUT2D eigenvalue weighted by molar-refractivity contribution is 0.452. The van der Waals surface area contributed by atoms with E-state index in [0.29, 0.717) is 11.8 Å². The van der Waals surface area contributed by atoms with Crippen molar-refractivity contribution >= 4 is 5.69 Å². The van der Waals surface area contributed by atoms with Gasteiger partial charge in [0.1, 0.15) is 5.75 Å². The van der Waals surface area contributed by atoms with Crippen LogP contribution in [0.1, 0.15) is 51.6 Å². The molecule has 0 amide bonds. The number of hydrogen-bond acceptors (Lipinski definition) is 3. The number of nitrogens with one attached hydrogen (secondary N) is 1. The van der Waals surface area contributed by atoms with Gasteiger partial charge >= 0.3 is 0 Å². The van der Waals surface area contributed by atoms with Crippen molar-refractivity contribution < 1.29 is 5.11 Å². The largest absolute Gasteiger partial charge is 0.508 e. The van der Waals surface area contributed by atoms with Crippen LogP contribution in [0.5, 0.6) is 5.75 Å². The fourth-order valence-electron chi connectivity index (χ4n) is 2.86. The van der Waals surface area contributed by atoms with E-state index >= 15 is 0 Å². The zero-order valence-corrected chi connectivity index (χ0v) is 12.3. The van der Waals surface area contributed by atoms with Crippen LogP contribution in [0.15, 0.2) is 18.2 Å². The first-order valence-electron chi connectivity index (χ1n) is 7.46. The number of rotatable bonds is 5. The maximum absolute atomic E-state index is 10.2. The number of aromatic hydroxyl groups is 1. The van der Waals surface area contributed by atoms with Gasteiger partial charge in [0, 0.05) is 35.9 Å². The second-order valence-corrected chi connectivity index (χ2v) is 5.60. The molecule has 1 aliphatic heterocycles. The van der Waals surface area contributed by atoms with Crippen LogP contribution in [0.3, 0.4) is 0 Å². The summed E-state index contributed by atoms with van der Waals surface area (Å²) in [5, 5.41) is 13.7. The molecule has 2 rings (SSSR count). The zero-order chi connectivity index (χ0) is 13.8. The summed E-state index contributed by atoms with van der Waals surface area (Å²) in [5.41, 5.74) is 2.14. The second kappa shape index (κ2) is 6.29. The average Bonchev–Trinajstić information content (AvgIpc) is 2.82. The highest BCUT2D eigenvalue weighted by Crippen LogP contribution is 2.32. The number of phenols is 1. The van der Waals surface area contributed by atoms with Crippen LogP contribution < -0.4 is 10.2 Å². The highest BCUT2D eigenvalue weighted by Gasteiger charge is 2.21. The Morgan fingerprint density at radius 3 is 2.84 bits per heavy atom. The van der Waals surface area contributed by atoms with Crippen molar-refractivity contribution in [3.63, 3.8) is 0 Å². The number of nitrogens with zero attached hydrogens (tertiary/aromatic N) is 1. The number of benzene rings is 1. The van der Waals surface area contributed by atoms with Gasteiger partial charge in [-0.15, -0.1) is 0 Å². The van der Waals surface area contributed by atoms with Crippen LogP contribution in [0.25, 0.3) is 0 Å². The summed E-state index contributed by atoms with van der Waals surface area (Å²) in [6.07, 6.45) is 3.60. The quantitative estimate of drug-likeness (QED) is 0.853. The van der Waals surface area contributed by atoms with Crippen molar-refractivity contribution in [2.45, 2.75) is 52.1 Å². The van der Waals surface area contributed by atoms with E-state index in [2.05, 4.69) is 43.1 Å². The van der Waals surface area contributed by atoms with E-state index in [1.54, 1.807) is 0 Å². The Labute approximate surface area is 116 Å². The van der Waals surface area contributed by atoms with E-state index < -0.39 is 0 Å². The molecule has 3 heteroatoms. The molecular weight excluding hydrogens is 236 g/mol. The minimum absolute atomic E-state index is 0.199. The molecule has 1 fully saturated rings. The van der Waals surface area contributed by atoms with Crippen LogP contribution in [-0.4, -0.2) is 24.2 Å². The zero-order valence-electron chi connectivity index (χ0n) is 12.3. The van der Waals surface area contributed by atoms with Gasteiger partial charge in [-0.05, 0) is 45.7 Å². The minimum Gasteiger partial charge on any atom is -0.508 e. The van der Waals surface area contributed by atoms with Crippen molar-refractivity contribution in [2.75, 3.05) is 18.0 Å². The monoisotopic (exact) mass is 262 g/mol. The van der Waals surface area contributed by atoms with Gasteiger partial charge in [-0.1, -0.05) is 13.0 Å². The summed E-state index contributed by atoms with van der Waals surface area (Å²) in [5.74, 6) is 0.410. The SMILES string of the molecule is CCCNC(C)c1ccc(N2CCCC2C)cc1O. The lowest BCUT2D eigenvalue weighted by Gasteiger charge is -2.25. The summed E-state index contributed by atoms with van der Waals surface area (Å²) in [6, 6.07) is 6.90. The van der Waals surface area contributed by atoms with Gasteiger partial charge in [-0.2, -0.15) is 0 Å². The fourth-order valence-corrected chi connectivity index (χ4v) is 2.86. The molecule has 1 saturated heterocycles. The third-order valence-electron chi connectivity index (χ3n) is 4.07. The fraction of sp³-hybridized carbons (Fsp3) is 0.625. The van der Waals surface area contributed by atoms with Gasteiger partial charge in [-0.3, -0.25) is 0 Å². The Bertz CT molecular complexity index is 419. The molecule has 0 saturated carbocycles. The summed E-state index contributed by atoms with van der Waals surface area (Å²) < 4.78 is 0. The van der Waals surface area contributed by atoms with E-state index in [9.17, 15) is 5.11 Å². The van der Waals surface area contributed by atoms with E-state index in [0.717, 1.165) is 30.8 Å². The van der Waals surface area contributed by atoms with Crippen molar-refractivity contribution in [2.24, 2.45) is 0 Å². The predicted octanol–water partition coefficient (Wildman–Crippen LogP) is 3.44. The molecule has 1 aliphatic rings. The Kier molecular flexibility index (Phi) is 4.70. The smallest absolute Gasteiger partial charge is 0.122 e. The lowest BCUT2D eigenvalue weighted by Crippen LogP contribution is -2.26. The maximum Gasteiger partial charge on any atom is 0.122 e. The normalized spacial score (nSPS) is 20.8. The summed E-state index contributed by atoms with van der Waals surface area (Å²) in [4.78, 5) is 2.38. The highest BCUT2D eigenvalue weighted by molar-refractivity contribution is 5.55. The van der Waals surface area contributed by atoms with Gasteiger partial charge in [-0.25, -0.2) is 0 Å². The molecule has 2 atom stereocenters. The Morgan fingerprint density at radius 1 is 1.47 bits per heavy atom. The van der Waals surface area contributed by atoms with E-state index in [-0.39, 0.29) is 6.04 Å². The van der Waals surface area contributed by atoms with Gasteiger partial charge < -0.3 is 15.3 Å². The van der Waals surface area contributed by atoms with Gasteiger partial charge in [0.2, 0.25) is 0 Å². The van der Waals surface area contributed by atoms with Gasteiger partial charge in [0.15, 0.2) is 0 Å². The molecule has 3 nitrogen and oxygen atoms in total. The molecule has 0 bridgehead atoms. The van der Waals surface area contributed by atoms with Crippen LogP contribution in [0.2, 0.25) is 0 Å². The molecular formula is C16H26N2O. The van der Waals surface area contributed by atoms with Crippen molar-refractivity contribution in [1.29, 1.82) is 0 Å². The third kappa shape index (κ3) is 3.21. The molecule has 2 N–H and O–H groups in total. The van der Waals surface area contributed by atoms with Crippen LogP contribution in [-0.2, 0) is 0 Å². The first-order valence-corrected chi connectivity index (χ1v) is 7.46. The Hall–Kier alpha value is -1.22. The molecule has 0 aromatic heterocycles. The highest BCUT2D eigenvalue weighted by atomic mass is 16.3. The molecule has 19 heavy (non-hydrogen) atoms. The molecule has 0 aliphatic carbocycles. The molecule has 0 radical (unpaired) electrons. The molecule has 1 aromatic carbocycles. The summed E-state index contributed by atoms with van der Waals surface area (Å²) in [7, 11) is 0. The Balaban J connectivity index is 2.12. The first-order chi connectivity index (χ1) is 9.13. The molecule has 1 heterocycles. The topological polar surface area (TPSA) is 35.5 Å². The number of hydrogen-bond donors (Lipinski definition) is 2. The third-order valence-corrected chi connectivity index (χ3v) is 4.07. The standard InChI is InChI=1S/C16H26N2O/c1-4-9-17-13(3)15-8-7-14(11-16(15)19)18-10-5-6-12(18)2/h7-8,11-13,17,19H,4-6,9-10H2,1-3H3. The van der Waals surface area contributed by atoms with Crippen molar-refractivity contribution in [3.05, 3.63) is 23.8 Å². The van der Waals surface area contributed by atoms with Crippen LogP contribution in [0, 0.1) is 0 Å². The second-order valence-electron chi connectivity index (χ2n) is 5.60. The first kappa shape index (κ1) is 14.2. The van der Waals surface area contributed by atoms with Crippen LogP contribution in [0.4, 0.5) is 5.69 Å². The summed E-state index contributed by atoms with van der Waals surface area (Å²) >= 11 is 0. The number of phenolic OH excluding ortho intramolecular Hbond substituents is 1. The van der Waals surface area contributed by atoms with E-state index in [1.807, 2.05) is 6.07 Å². The molecule has 106 valence electrons. The van der Waals surface area contributed by atoms with Gasteiger partial charge in [0.05, 0.1) is 0 Å². The molecule has 1 aromatic rings. The minimum atomic E-state index is 0.199. The Morgan fingerprint density at radius 2 is 2.26 bits per heavy atom.